The lowest BCUT2D eigenvalue weighted by Crippen LogP contribution is -2.29. The highest BCUT2D eigenvalue weighted by Gasteiger charge is 2.21. The van der Waals surface area contributed by atoms with Crippen molar-refractivity contribution in [1.82, 2.24) is 0 Å². The third-order valence-electron chi connectivity index (χ3n) is 2.70. The van der Waals surface area contributed by atoms with Gasteiger partial charge in [0.25, 0.3) is 0 Å². The molecule has 0 spiro atoms. The van der Waals surface area contributed by atoms with Gasteiger partial charge in [0.05, 0.1) is 0 Å². The van der Waals surface area contributed by atoms with Crippen molar-refractivity contribution in [3.8, 4) is 5.75 Å². The molecule has 0 fully saturated rings. The van der Waals surface area contributed by atoms with Crippen LogP contribution in [-0.2, 0) is 0 Å². The molecule has 0 aliphatic heterocycles. The maximum atomic E-state index is 13.8. The fourth-order valence-electron chi connectivity index (χ4n) is 1.81. The maximum Gasteiger partial charge on any atom is 0.141 e. The number of benzene rings is 2. The Morgan fingerprint density at radius 1 is 1.00 bits per heavy atom. The molecule has 2 unspecified atom stereocenters. The minimum Gasteiger partial charge on any atom is -0.484 e. The lowest BCUT2D eigenvalue weighted by atomic mass is 10.0. The summed E-state index contributed by atoms with van der Waals surface area (Å²) in [6.45, 7) is 1.81. The molecule has 0 aliphatic rings. The number of ether oxygens (including phenoxy) is 1. The van der Waals surface area contributed by atoms with Crippen molar-refractivity contribution in [2.75, 3.05) is 0 Å². The fraction of sp³-hybridized carbons (Fsp3) is 0.200. The topological polar surface area (TPSA) is 35.2 Å². The van der Waals surface area contributed by atoms with Crippen LogP contribution in [0, 0.1) is 5.82 Å². The molecule has 0 heterocycles. The zero-order chi connectivity index (χ0) is 13.0. The standard InChI is InChI=1S/C15H16FNO/c1-11(17)15(13-9-5-6-10-14(13)16)18-12-7-3-2-4-8-12/h2-11,15H,17H2,1H3. The van der Waals surface area contributed by atoms with E-state index in [1.54, 1.807) is 25.1 Å². The van der Waals surface area contributed by atoms with Gasteiger partial charge >= 0.3 is 0 Å². The SMILES string of the molecule is CC(N)C(Oc1ccccc1)c1ccccc1F. The molecule has 0 aromatic heterocycles. The lowest BCUT2D eigenvalue weighted by Gasteiger charge is -2.23. The molecule has 0 radical (unpaired) electrons. The Kier molecular flexibility index (Phi) is 3.95. The van der Waals surface area contributed by atoms with Crippen LogP contribution in [0.25, 0.3) is 0 Å². The summed E-state index contributed by atoms with van der Waals surface area (Å²) in [5.74, 6) is 0.388. The van der Waals surface area contributed by atoms with Gasteiger partial charge in [0.2, 0.25) is 0 Å². The minimum atomic E-state index is -0.492. The summed E-state index contributed by atoms with van der Waals surface area (Å²) < 4.78 is 19.5. The van der Waals surface area contributed by atoms with E-state index < -0.39 is 6.10 Å². The van der Waals surface area contributed by atoms with Crippen molar-refractivity contribution in [3.05, 3.63) is 66.0 Å². The van der Waals surface area contributed by atoms with Gasteiger partial charge in [0, 0.05) is 11.6 Å². The molecule has 0 saturated heterocycles. The van der Waals surface area contributed by atoms with Gasteiger partial charge in [-0.25, -0.2) is 4.39 Å². The van der Waals surface area contributed by atoms with Crippen LogP contribution in [0.5, 0.6) is 5.75 Å². The minimum absolute atomic E-state index is 0.296. The molecule has 0 amide bonds. The van der Waals surface area contributed by atoms with Gasteiger partial charge < -0.3 is 10.5 Å². The first-order chi connectivity index (χ1) is 8.68. The summed E-state index contributed by atoms with van der Waals surface area (Å²) in [6, 6.07) is 15.5. The number of para-hydroxylation sites is 1. The molecule has 94 valence electrons. The first-order valence-corrected chi connectivity index (χ1v) is 5.90. The van der Waals surface area contributed by atoms with Gasteiger partial charge in [-0.05, 0) is 25.1 Å². The highest BCUT2D eigenvalue weighted by atomic mass is 19.1. The lowest BCUT2D eigenvalue weighted by molar-refractivity contribution is 0.176. The maximum absolute atomic E-state index is 13.8. The average Bonchev–Trinajstić information content (AvgIpc) is 2.38. The third kappa shape index (κ3) is 2.87. The van der Waals surface area contributed by atoms with E-state index in [9.17, 15) is 4.39 Å². The van der Waals surface area contributed by atoms with Crippen LogP contribution in [0.2, 0.25) is 0 Å². The Bertz CT molecular complexity index is 499. The van der Waals surface area contributed by atoms with Crippen LogP contribution in [0.15, 0.2) is 54.6 Å². The Labute approximate surface area is 106 Å². The van der Waals surface area contributed by atoms with Crippen LogP contribution in [0.3, 0.4) is 0 Å². The first kappa shape index (κ1) is 12.6. The average molecular weight is 245 g/mol. The molecular weight excluding hydrogens is 229 g/mol. The highest BCUT2D eigenvalue weighted by molar-refractivity contribution is 5.26. The quantitative estimate of drug-likeness (QED) is 0.897. The summed E-state index contributed by atoms with van der Waals surface area (Å²) >= 11 is 0. The number of hydrogen-bond acceptors (Lipinski definition) is 2. The second-order valence-corrected chi connectivity index (χ2v) is 4.23. The van der Waals surface area contributed by atoms with Crippen molar-refractivity contribution < 1.29 is 9.13 Å². The summed E-state index contributed by atoms with van der Waals surface area (Å²) in [6.07, 6.45) is -0.492. The van der Waals surface area contributed by atoms with Gasteiger partial charge in [0.15, 0.2) is 0 Å². The summed E-state index contributed by atoms with van der Waals surface area (Å²) in [7, 11) is 0. The highest BCUT2D eigenvalue weighted by Crippen LogP contribution is 2.25. The van der Waals surface area contributed by atoms with Crippen molar-refractivity contribution in [2.45, 2.75) is 19.1 Å². The van der Waals surface area contributed by atoms with Gasteiger partial charge in [-0.2, -0.15) is 0 Å². The van der Waals surface area contributed by atoms with Crippen LogP contribution < -0.4 is 10.5 Å². The molecule has 0 bridgehead atoms. The summed E-state index contributed by atoms with van der Waals surface area (Å²) in [4.78, 5) is 0. The predicted molar refractivity (Wildman–Crippen MR) is 69.9 cm³/mol. The second kappa shape index (κ2) is 5.65. The molecule has 2 aromatic rings. The molecule has 18 heavy (non-hydrogen) atoms. The fourth-order valence-corrected chi connectivity index (χ4v) is 1.81. The molecule has 0 saturated carbocycles. The van der Waals surface area contributed by atoms with Crippen LogP contribution in [-0.4, -0.2) is 6.04 Å². The van der Waals surface area contributed by atoms with Crippen LogP contribution >= 0.6 is 0 Å². The predicted octanol–water partition coefficient (Wildman–Crippen LogP) is 3.29. The van der Waals surface area contributed by atoms with Crippen molar-refractivity contribution in [2.24, 2.45) is 5.73 Å². The van der Waals surface area contributed by atoms with Gasteiger partial charge in [-0.1, -0.05) is 36.4 Å². The Morgan fingerprint density at radius 2 is 1.61 bits per heavy atom. The molecule has 2 N–H and O–H groups in total. The van der Waals surface area contributed by atoms with Crippen molar-refractivity contribution in [1.29, 1.82) is 0 Å². The largest absolute Gasteiger partial charge is 0.484 e. The van der Waals surface area contributed by atoms with Crippen molar-refractivity contribution in [3.63, 3.8) is 0 Å². The molecule has 0 aliphatic carbocycles. The third-order valence-corrected chi connectivity index (χ3v) is 2.70. The molecule has 2 nitrogen and oxygen atoms in total. The van der Waals surface area contributed by atoms with E-state index in [4.69, 9.17) is 10.5 Å². The Hall–Kier alpha value is -1.87. The summed E-state index contributed by atoms with van der Waals surface area (Å²) in [5, 5.41) is 0. The number of rotatable bonds is 4. The van der Waals surface area contributed by atoms with Gasteiger partial charge in [-0.15, -0.1) is 0 Å². The van der Waals surface area contributed by atoms with Gasteiger partial charge in [0.1, 0.15) is 17.7 Å². The molecular formula is C15H16FNO. The van der Waals surface area contributed by atoms with E-state index in [1.807, 2.05) is 30.3 Å². The molecule has 3 heteroatoms. The van der Waals surface area contributed by atoms with Crippen molar-refractivity contribution >= 4 is 0 Å². The van der Waals surface area contributed by atoms with E-state index in [0.717, 1.165) is 0 Å². The number of halogens is 1. The molecule has 2 atom stereocenters. The van der Waals surface area contributed by atoms with E-state index in [0.29, 0.717) is 11.3 Å². The smallest absolute Gasteiger partial charge is 0.141 e. The zero-order valence-corrected chi connectivity index (χ0v) is 10.2. The van der Waals surface area contributed by atoms with Crippen LogP contribution in [0.1, 0.15) is 18.6 Å². The van der Waals surface area contributed by atoms with E-state index in [2.05, 4.69) is 0 Å². The van der Waals surface area contributed by atoms with E-state index in [1.165, 1.54) is 6.07 Å². The Morgan fingerprint density at radius 3 is 2.22 bits per heavy atom. The summed E-state index contributed by atoms with van der Waals surface area (Å²) in [5.41, 5.74) is 6.38. The van der Waals surface area contributed by atoms with E-state index >= 15 is 0 Å². The van der Waals surface area contributed by atoms with Crippen LogP contribution in [0.4, 0.5) is 4.39 Å². The number of nitrogens with two attached hydrogens (primary N) is 1. The van der Waals surface area contributed by atoms with E-state index in [-0.39, 0.29) is 11.9 Å². The monoisotopic (exact) mass is 245 g/mol. The normalized spacial score (nSPS) is 13.9. The first-order valence-electron chi connectivity index (χ1n) is 5.90. The molecule has 2 aromatic carbocycles. The zero-order valence-electron chi connectivity index (χ0n) is 10.2. The molecule has 2 rings (SSSR count). The Balaban J connectivity index is 2.27. The number of hydrogen-bond donors (Lipinski definition) is 1. The van der Waals surface area contributed by atoms with Gasteiger partial charge in [-0.3, -0.25) is 0 Å². The second-order valence-electron chi connectivity index (χ2n) is 4.23.